The minimum atomic E-state index is -4.37. The van der Waals surface area contributed by atoms with E-state index >= 15 is 0 Å². The fourth-order valence-electron chi connectivity index (χ4n) is 2.40. The van der Waals surface area contributed by atoms with E-state index in [0.717, 1.165) is 37.8 Å². The molecule has 0 aliphatic rings. The molecule has 0 bridgehead atoms. The molecule has 118 valence electrons. The van der Waals surface area contributed by atoms with Gasteiger partial charge in [-0.1, -0.05) is 31.9 Å². The fourth-order valence-corrected chi connectivity index (χ4v) is 2.40. The zero-order valence-corrected chi connectivity index (χ0v) is 12.2. The van der Waals surface area contributed by atoms with Crippen molar-refractivity contribution in [3.05, 3.63) is 35.4 Å². The third-order valence-corrected chi connectivity index (χ3v) is 3.59. The van der Waals surface area contributed by atoms with E-state index in [9.17, 15) is 18.0 Å². The van der Waals surface area contributed by atoms with Gasteiger partial charge in [-0.25, -0.2) is 0 Å². The van der Waals surface area contributed by atoms with E-state index in [1.165, 1.54) is 12.1 Å². The van der Waals surface area contributed by atoms with Crippen LogP contribution in [0.2, 0.25) is 0 Å². The lowest BCUT2D eigenvalue weighted by Crippen LogP contribution is -2.11. The molecule has 5 heteroatoms. The number of hydrogen-bond acceptors (Lipinski definition) is 2. The third kappa shape index (κ3) is 5.87. The topological polar surface area (TPSA) is 43.1 Å². The summed E-state index contributed by atoms with van der Waals surface area (Å²) in [7, 11) is 0. The molecule has 0 aliphatic carbocycles. The van der Waals surface area contributed by atoms with Crippen LogP contribution < -0.4 is 5.73 Å². The maximum absolute atomic E-state index is 12.4. The Kier molecular flexibility index (Phi) is 6.89. The van der Waals surface area contributed by atoms with Crippen LogP contribution in [0.25, 0.3) is 0 Å². The first-order valence-electron chi connectivity index (χ1n) is 7.29. The van der Waals surface area contributed by atoms with Crippen LogP contribution in [0.4, 0.5) is 13.2 Å². The molecule has 0 aliphatic heterocycles. The van der Waals surface area contributed by atoms with Gasteiger partial charge in [0.05, 0.1) is 5.56 Å². The Labute approximate surface area is 123 Å². The summed E-state index contributed by atoms with van der Waals surface area (Å²) >= 11 is 0. The molecule has 0 spiro atoms. The van der Waals surface area contributed by atoms with Crippen molar-refractivity contribution in [2.45, 2.75) is 45.2 Å². The number of nitrogens with two attached hydrogens (primary N) is 1. The highest BCUT2D eigenvalue weighted by Gasteiger charge is 2.30. The highest BCUT2D eigenvalue weighted by molar-refractivity contribution is 5.96. The lowest BCUT2D eigenvalue weighted by molar-refractivity contribution is -0.137. The van der Waals surface area contributed by atoms with E-state index in [2.05, 4.69) is 6.92 Å². The summed E-state index contributed by atoms with van der Waals surface area (Å²) in [5, 5.41) is 0. The number of rotatable bonds is 8. The van der Waals surface area contributed by atoms with E-state index in [0.29, 0.717) is 24.4 Å². The molecule has 0 radical (unpaired) electrons. The number of Topliss-reactive ketones (excluding diaryl/α,β-unsaturated/α-hetero) is 1. The van der Waals surface area contributed by atoms with Crippen molar-refractivity contribution < 1.29 is 18.0 Å². The Morgan fingerprint density at radius 3 is 2.24 bits per heavy atom. The summed E-state index contributed by atoms with van der Waals surface area (Å²) in [6, 6.07) is 4.42. The van der Waals surface area contributed by atoms with E-state index in [4.69, 9.17) is 5.73 Å². The highest BCUT2D eigenvalue weighted by Crippen LogP contribution is 2.29. The first-order valence-corrected chi connectivity index (χ1v) is 7.29. The monoisotopic (exact) mass is 301 g/mol. The second kappa shape index (κ2) is 8.17. The number of carbonyl (C=O) groups is 1. The smallest absolute Gasteiger partial charge is 0.330 e. The number of alkyl halides is 3. The average Bonchev–Trinajstić information content (AvgIpc) is 2.44. The number of benzene rings is 1. The van der Waals surface area contributed by atoms with Gasteiger partial charge in [-0.3, -0.25) is 4.79 Å². The molecule has 1 unspecified atom stereocenters. The highest BCUT2D eigenvalue weighted by atomic mass is 19.4. The molecular weight excluding hydrogens is 279 g/mol. The maximum atomic E-state index is 12.4. The Morgan fingerprint density at radius 1 is 1.14 bits per heavy atom. The predicted molar refractivity (Wildman–Crippen MR) is 77.1 cm³/mol. The first kappa shape index (κ1) is 17.7. The maximum Gasteiger partial charge on any atom is 0.416 e. The molecule has 2 nitrogen and oxygen atoms in total. The van der Waals surface area contributed by atoms with Gasteiger partial charge in [0.1, 0.15) is 0 Å². The molecule has 0 amide bonds. The number of halogens is 3. The second-order valence-electron chi connectivity index (χ2n) is 5.27. The van der Waals surface area contributed by atoms with Crippen LogP contribution in [0, 0.1) is 5.92 Å². The Bertz CT molecular complexity index is 434. The van der Waals surface area contributed by atoms with Crippen molar-refractivity contribution in [2.75, 3.05) is 6.54 Å². The Morgan fingerprint density at radius 2 is 1.76 bits per heavy atom. The molecule has 1 atom stereocenters. The minimum absolute atomic E-state index is 0.109. The summed E-state index contributed by atoms with van der Waals surface area (Å²) in [5.41, 5.74) is 5.15. The summed E-state index contributed by atoms with van der Waals surface area (Å²) in [6.07, 6.45) is -0.319. The van der Waals surface area contributed by atoms with Gasteiger partial charge >= 0.3 is 6.18 Å². The lowest BCUT2D eigenvalue weighted by atomic mass is 9.92. The number of hydrogen-bond donors (Lipinski definition) is 1. The van der Waals surface area contributed by atoms with Gasteiger partial charge in [0.2, 0.25) is 0 Å². The first-order chi connectivity index (χ1) is 9.88. The fraction of sp³-hybridized carbons (Fsp3) is 0.562. The molecule has 21 heavy (non-hydrogen) atoms. The SMILES string of the molecule is CCCC(CCN)CCC(=O)c1ccc(C(F)(F)F)cc1. The third-order valence-electron chi connectivity index (χ3n) is 3.59. The zero-order chi connectivity index (χ0) is 15.9. The van der Waals surface area contributed by atoms with Crippen LogP contribution in [0.1, 0.15) is 54.9 Å². The molecule has 2 N–H and O–H groups in total. The van der Waals surface area contributed by atoms with E-state index in [-0.39, 0.29) is 5.78 Å². The molecule has 0 heterocycles. The summed E-state index contributed by atoms with van der Waals surface area (Å²) in [6.45, 7) is 2.68. The largest absolute Gasteiger partial charge is 0.416 e. The van der Waals surface area contributed by atoms with Crippen molar-refractivity contribution in [3.63, 3.8) is 0 Å². The molecule has 1 aromatic rings. The standard InChI is InChI=1S/C16H22F3NO/c1-2-3-12(10-11-20)4-9-15(21)13-5-7-14(8-6-13)16(17,18)19/h5-8,12H,2-4,9-11,20H2,1H3. The van der Waals surface area contributed by atoms with E-state index < -0.39 is 11.7 Å². The second-order valence-corrected chi connectivity index (χ2v) is 5.27. The zero-order valence-electron chi connectivity index (χ0n) is 12.2. The van der Waals surface area contributed by atoms with Gasteiger partial charge in [-0.2, -0.15) is 13.2 Å². The van der Waals surface area contributed by atoms with Crippen molar-refractivity contribution in [3.8, 4) is 0 Å². The van der Waals surface area contributed by atoms with Crippen LogP contribution >= 0.6 is 0 Å². The van der Waals surface area contributed by atoms with Crippen LogP contribution in [0.3, 0.4) is 0 Å². The van der Waals surface area contributed by atoms with Crippen LogP contribution in [-0.2, 0) is 6.18 Å². The predicted octanol–water partition coefficient (Wildman–Crippen LogP) is 4.43. The Balaban J connectivity index is 2.59. The van der Waals surface area contributed by atoms with Crippen LogP contribution in [0.15, 0.2) is 24.3 Å². The number of ketones is 1. The van der Waals surface area contributed by atoms with Gasteiger partial charge in [0, 0.05) is 12.0 Å². The van der Waals surface area contributed by atoms with Gasteiger partial charge in [0.25, 0.3) is 0 Å². The summed E-state index contributed by atoms with van der Waals surface area (Å²) < 4.78 is 37.3. The lowest BCUT2D eigenvalue weighted by Gasteiger charge is -2.14. The van der Waals surface area contributed by atoms with Gasteiger partial charge in [-0.15, -0.1) is 0 Å². The quantitative estimate of drug-likeness (QED) is 0.722. The average molecular weight is 301 g/mol. The Hall–Kier alpha value is -1.36. The van der Waals surface area contributed by atoms with Crippen LogP contribution in [0.5, 0.6) is 0 Å². The molecule has 1 aromatic carbocycles. The van der Waals surface area contributed by atoms with Crippen molar-refractivity contribution in [2.24, 2.45) is 11.7 Å². The molecule has 1 rings (SSSR count). The summed E-state index contributed by atoms with van der Waals surface area (Å²) in [5.74, 6) is 0.306. The van der Waals surface area contributed by atoms with Crippen molar-refractivity contribution >= 4 is 5.78 Å². The van der Waals surface area contributed by atoms with Gasteiger partial charge < -0.3 is 5.73 Å². The van der Waals surface area contributed by atoms with Gasteiger partial charge in [-0.05, 0) is 37.4 Å². The van der Waals surface area contributed by atoms with E-state index in [1.54, 1.807) is 0 Å². The molecular formula is C16H22F3NO. The minimum Gasteiger partial charge on any atom is -0.330 e. The normalized spacial score (nSPS) is 13.2. The van der Waals surface area contributed by atoms with Crippen molar-refractivity contribution in [1.29, 1.82) is 0 Å². The van der Waals surface area contributed by atoms with E-state index in [1.807, 2.05) is 0 Å². The van der Waals surface area contributed by atoms with Crippen molar-refractivity contribution in [1.82, 2.24) is 0 Å². The number of carbonyl (C=O) groups excluding carboxylic acids is 1. The summed E-state index contributed by atoms with van der Waals surface area (Å²) in [4.78, 5) is 12.0. The molecule has 0 saturated carbocycles. The van der Waals surface area contributed by atoms with Crippen LogP contribution in [-0.4, -0.2) is 12.3 Å². The molecule has 0 fully saturated rings. The molecule has 0 aromatic heterocycles. The molecule has 0 saturated heterocycles. The van der Waals surface area contributed by atoms with Gasteiger partial charge in [0.15, 0.2) is 5.78 Å².